The SMILES string of the molecule is CCCCCCCCCCC(C=O)CCCCCCCC.CCCCCCCCCCC(CO)CCCCCCCC. The van der Waals surface area contributed by atoms with E-state index in [-0.39, 0.29) is 0 Å². The van der Waals surface area contributed by atoms with Gasteiger partial charge in [0.25, 0.3) is 0 Å². The maximum absolute atomic E-state index is 11.1. The Balaban J connectivity index is 0. The van der Waals surface area contributed by atoms with Gasteiger partial charge < -0.3 is 9.90 Å². The van der Waals surface area contributed by atoms with Gasteiger partial charge >= 0.3 is 0 Å². The van der Waals surface area contributed by atoms with Crippen molar-refractivity contribution in [1.82, 2.24) is 0 Å². The van der Waals surface area contributed by atoms with Gasteiger partial charge in [-0.1, -0.05) is 207 Å². The molecular weight excluding hydrogens is 512 g/mol. The van der Waals surface area contributed by atoms with Gasteiger partial charge in [-0.05, 0) is 31.6 Å². The lowest BCUT2D eigenvalue weighted by molar-refractivity contribution is -0.111. The zero-order valence-corrected chi connectivity index (χ0v) is 29.9. The average Bonchev–Trinajstić information content (AvgIpc) is 3.01. The fraction of sp³-hybridized carbons (Fsp3) is 0.975. The molecule has 0 aliphatic carbocycles. The second-order valence-corrected chi connectivity index (χ2v) is 13.6. The molecule has 0 saturated heterocycles. The van der Waals surface area contributed by atoms with Crippen molar-refractivity contribution in [3.63, 3.8) is 0 Å². The molecule has 0 spiro atoms. The minimum Gasteiger partial charge on any atom is -0.396 e. The highest BCUT2D eigenvalue weighted by atomic mass is 16.3. The molecule has 0 aliphatic heterocycles. The number of hydrogen-bond donors (Lipinski definition) is 1. The minimum atomic E-state index is 0.344. The van der Waals surface area contributed by atoms with Gasteiger partial charge in [-0.15, -0.1) is 0 Å². The van der Waals surface area contributed by atoms with Gasteiger partial charge in [-0.3, -0.25) is 0 Å². The predicted molar refractivity (Wildman–Crippen MR) is 191 cm³/mol. The fourth-order valence-corrected chi connectivity index (χ4v) is 6.11. The fourth-order valence-electron chi connectivity index (χ4n) is 6.11. The van der Waals surface area contributed by atoms with Gasteiger partial charge in [0.15, 0.2) is 0 Å². The van der Waals surface area contributed by atoms with E-state index in [1.807, 2.05) is 0 Å². The van der Waals surface area contributed by atoms with Crippen molar-refractivity contribution in [2.24, 2.45) is 11.8 Å². The summed E-state index contributed by atoms with van der Waals surface area (Å²) in [4.78, 5) is 11.1. The van der Waals surface area contributed by atoms with Gasteiger partial charge in [0.1, 0.15) is 6.29 Å². The molecule has 0 bridgehead atoms. The third-order valence-corrected chi connectivity index (χ3v) is 9.24. The molecule has 42 heavy (non-hydrogen) atoms. The maximum atomic E-state index is 11.1. The van der Waals surface area contributed by atoms with Crippen LogP contribution in [-0.4, -0.2) is 18.0 Å². The van der Waals surface area contributed by atoms with Gasteiger partial charge in [0.05, 0.1) is 0 Å². The molecule has 254 valence electrons. The van der Waals surface area contributed by atoms with Crippen LogP contribution >= 0.6 is 0 Å². The third kappa shape index (κ3) is 37.7. The van der Waals surface area contributed by atoms with E-state index >= 15 is 0 Å². The first kappa shape index (κ1) is 43.8. The van der Waals surface area contributed by atoms with Crippen LogP contribution in [0.1, 0.15) is 233 Å². The molecule has 0 aliphatic rings. The molecule has 0 fully saturated rings. The van der Waals surface area contributed by atoms with Crippen LogP contribution in [0.4, 0.5) is 0 Å². The highest BCUT2D eigenvalue weighted by Crippen LogP contribution is 2.20. The molecule has 2 unspecified atom stereocenters. The molecule has 2 atom stereocenters. The Hall–Kier alpha value is -0.370. The second-order valence-electron chi connectivity index (χ2n) is 13.6. The summed E-state index contributed by atoms with van der Waals surface area (Å²) < 4.78 is 0. The highest BCUT2D eigenvalue weighted by Gasteiger charge is 2.08. The summed E-state index contributed by atoms with van der Waals surface area (Å²) in [6.07, 6.45) is 44.2. The molecule has 2 heteroatoms. The van der Waals surface area contributed by atoms with Crippen LogP contribution in [0.15, 0.2) is 0 Å². The van der Waals surface area contributed by atoms with Gasteiger partial charge in [-0.25, -0.2) is 0 Å². The predicted octanol–water partition coefficient (Wildman–Crippen LogP) is 14.0. The van der Waals surface area contributed by atoms with Crippen molar-refractivity contribution in [1.29, 1.82) is 0 Å². The second kappa shape index (κ2) is 40.6. The first-order valence-electron chi connectivity index (χ1n) is 19.8. The Morgan fingerprint density at radius 3 is 0.857 bits per heavy atom. The van der Waals surface area contributed by atoms with E-state index in [2.05, 4.69) is 27.7 Å². The molecule has 0 saturated carbocycles. The molecule has 0 heterocycles. The van der Waals surface area contributed by atoms with Crippen molar-refractivity contribution in [2.75, 3.05) is 6.61 Å². The average molecular weight is 595 g/mol. The Morgan fingerprint density at radius 2 is 0.619 bits per heavy atom. The lowest BCUT2D eigenvalue weighted by atomic mass is 9.95. The number of carbonyl (C=O) groups excluding carboxylic acids is 1. The molecule has 1 N–H and O–H groups in total. The van der Waals surface area contributed by atoms with Crippen LogP contribution in [0.2, 0.25) is 0 Å². The number of unbranched alkanes of at least 4 members (excludes halogenated alkanes) is 24. The van der Waals surface area contributed by atoms with E-state index in [0.717, 1.165) is 12.8 Å². The van der Waals surface area contributed by atoms with Gasteiger partial charge in [0, 0.05) is 12.5 Å². The summed E-state index contributed by atoms with van der Waals surface area (Å²) in [6, 6.07) is 0. The molecule has 2 nitrogen and oxygen atoms in total. The lowest BCUT2D eigenvalue weighted by Crippen LogP contribution is -2.06. The zero-order valence-electron chi connectivity index (χ0n) is 29.9. The van der Waals surface area contributed by atoms with E-state index in [1.165, 1.54) is 199 Å². The first-order chi connectivity index (χ1) is 20.7. The Morgan fingerprint density at radius 1 is 0.381 bits per heavy atom. The quantitative estimate of drug-likeness (QED) is 0.0594. The highest BCUT2D eigenvalue weighted by molar-refractivity contribution is 5.53. The Bertz CT molecular complexity index is 463. The normalized spacial score (nSPS) is 12.6. The van der Waals surface area contributed by atoms with Crippen molar-refractivity contribution >= 4 is 6.29 Å². The zero-order chi connectivity index (χ0) is 31.2. The molecule has 0 radical (unpaired) electrons. The van der Waals surface area contributed by atoms with Crippen LogP contribution in [0, 0.1) is 11.8 Å². The van der Waals surface area contributed by atoms with E-state index < -0.39 is 0 Å². The van der Waals surface area contributed by atoms with Gasteiger partial charge in [0.2, 0.25) is 0 Å². The van der Waals surface area contributed by atoms with E-state index in [9.17, 15) is 9.90 Å². The van der Waals surface area contributed by atoms with Gasteiger partial charge in [-0.2, -0.15) is 0 Å². The smallest absolute Gasteiger partial charge is 0.123 e. The lowest BCUT2D eigenvalue weighted by Gasteiger charge is -2.13. The molecule has 0 aromatic heterocycles. The van der Waals surface area contributed by atoms with Crippen LogP contribution in [-0.2, 0) is 4.79 Å². The Kier molecular flexibility index (Phi) is 42.3. The number of hydrogen-bond acceptors (Lipinski definition) is 2. The number of aldehydes is 1. The summed E-state index contributed by atoms with van der Waals surface area (Å²) in [7, 11) is 0. The van der Waals surface area contributed by atoms with E-state index in [0.29, 0.717) is 18.4 Å². The Labute approximate surface area is 267 Å². The van der Waals surface area contributed by atoms with E-state index in [1.54, 1.807) is 0 Å². The number of aliphatic hydroxyl groups excluding tert-OH is 1. The van der Waals surface area contributed by atoms with E-state index in [4.69, 9.17) is 0 Å². The molecule has 0 aromatic rings. The summed E-state index contributed by atoms with van der Waals surface area (Å²) in [5.41, 5.74) is 0. The largest absolute Gasteiger partial charge is 0.396 e. The van der Waals surface area contributed by atoms with Crippen molar-refractivity contribution < 1.29 is 9.90 Å². The third-order valence-electron chi connectivity index (χ3n) is 9.24. The standard InChI is InChI=1S/C20H42O.C20H40O/c2*1-3-5-7-9-11-12-14-16-18-20(19-21)17-15-13-10-8-6-4-2/h20-21H,3-19H2,1-2H3;19-20H,3-18H2,1-2H3. The summed E-state index contributed by atoms with van der Waals surface area (Å²) in [5.74, 6) is 0.924. The topological polar surface area (TPSA) is 37.3 Å². The summed E-state index contributed by atoms with van der Waals surface area (Å²) in [6.45, 7) is 9.48. The van der Waals surface area contributed by atoms with Crippen LogP contribution in [0.25, 0.3) is 0 Å². The van der Waals surface area contributed by atoms with Crippen molar-refractivity contribution in [3.8, 4) is 0 Å². The number of rotatable bonds is 34. The minimum absolute atomic E-state index is 0.344. The molecule has 0 rings (SSSR count). The molecule has 0 amide bonds. The molecular formula is C40H82O2. The van der Waals surface area contributed by atoms with Crippen molar-refractivity contribution in [2.45, 2.75) is 233 Å². The van der Waals surface area contributed by atoms with Crippen LogP contribution in [0.5, 0.6) is 0 Å². The monoisotopic (exact) mass is 595 g/mol. The molecule has 0 aromatic carbocycles. The number of aliphatic hydroxyl groups is 1. The summed E-state index contributed by atoms with van der Waals surface area (Å²) >= 11 is 0. The summed E-state index contributed by atoms with van der Waals surface area (Å²) in [5, 5.41) is 9.47. The number of carbonyl (C=O) groups is 1. The maximum Gasteiger partial charge on any atom is 0.123 e. The van der Waals surface area contributed by atoms with Crippen molar-refractivity contribution in [3.05, 3.63) is 0 Å². The first-order valence-corrected chi connectivity index (χ1v) is 19.8. The van der Waals surface area contributed by atoms with Crippen LogP contribution in [0.3, 0.4) is 0 Å². The van der Waals surface area contributed by atoms with Crippen LogP contribution < -0.4 is 0 Å².